The van der Waals surface area contributed by atoms with E-state index in [1.54, 1.807) is 6.07 Å². The first-order valence-corrected chi connectivity index (χ1v) is 5.88. The van der Waals surface area contributed by atoms with E-state index in [1.807, 2.05) is 0 Å². The molecular weight excluding hydrogens is 265 g/mol. The molecule has 0 radical (unpaired) electrons. The predicted octanol–water partition coefficient (Wildman–Crippen LogP) is 1.23. The minimum atomic E-state index is -1.82. The highest BCUT2D eigenvalue weighted by Crippen LogP contribution is 2.22. The summed E-state index contributed by atoms with van der Waals surface area (Å²) in [5.74, 6) is -2.46. The van der Waals surface area contributed by atoms with E-state index in [2.05, 4.69) is 0 Å². The van der Waals surface area contributed by atoms with Crippen LogP contribution in [0.4, 0.5) is 10.1 Å². The Hall–Kier alpha value is -2.02. The van der Waals surface area contributed by atoms with Gasteiger partial charge in [0.2, 0.25) is 5.79 Å². The largest absolute Gasteiger partial charge is 0.618 e. The number of allylic oxidation sites excluding steroid dienone is 2. The smallest absolute Gasteiger partial charge is 0.252 e. The lowest BCUT2D eigenvalue weighted by atomic mass is 10.00. The number of aliphatic hydroxyl groups is 2. The summed E-state index contributed by atoms with van der Waals surface area (Å²) >= 11 is 0. The average Bonchev–Trinajstić information content (AvgIpc) is 2.43. The lowest BCUT2D eigenvalue weighted by Crippen LogP contribution is -2.42. The molecule has 20 heavy (non-hydrogen) atoms. The fourth-order valence-corrected chi connectivity index (χ4v) is 1.78. The van der Waals surface area contributed by atoms with Crippen LogP contribution < -0.4 is 0 Å². The first-order chi connectivity index (χ1) is 9.46. The van der Waals surface area contributed by atoms with Crippen LogP contribution >= 0.6 is 0 Å². The van der Waals surface area contributed by atoms with E-state index >= 15 is 0 Å². The lowest BCUT2D eigenvalue weighted by molar-refractivity contribution is -0.357. The Morgan fingerprint density at radius 2 is 2.15 bits per heavy atom. The number of aliphatic hydroxyl groups excluding tert-OH is 1. The zero-order valence-corrected chi connectivity index (χ0v) is 10.7. The van der Waals surface area contributed by atoms with Crippen LogP contribution in [-0.2, 0) is 4.74 Å². The molecular formula is C14H14FNO4. The molecule has 1 aromatic rings. The topological polar surface area (TPSA) is 75.8 Å². The molecule has 6 heteroatoms. The van der Waals surface area contributed by atoms with E-state index in [1.165, 1.54) is 43.5 Å². The molecule has 0 aliphatic heterocycles. The number of rotatable bonds is 3. The standard InChI is InChI=1S/C14H14FNO4/c1-20-14(18)7-6-10(8-13(14)17)9-16(19)12-5-3-2-4-11(12)15/h2-9,13,17-18H,1H3. The lowest BCUT2D eigenvalue weighted by Gasteiger charge is -2.28. The highest BCUT2D eigenvalue weighted by molar-refractivity contribution is 5.80. The van der Waals surface area contributed by atoms with Crippen molar-refractivity contribution < 1.29 is 24.1 Å². The molecule has 0 amide bonds. The molecule has 0 heterocycles. The van der Waals surface area contributed by atoms with E-state index in [0.29, 0.717) is 10.3 Å². The van der Waals surface area contributed by atoms with Crippen LogP contribution in [0.5, 0.6) is 0 Å². The molecule has 1 aliphatic rings. The van der Waals surface area contributed by atoms with Gasteiger partial charge in [0.05, 0.1) is 0 Å². The zero-order chi connectivity index (χ0) is 14.8. The van der Waals surface area contributed by atoms with Crippen LogP contribution in [0.1, 0.15) is 0 Å². The van der Waals surface area contributed by atoms with Crippen LogP contribution in [0.25, 0.3) is 0 Å². The molecule has 5 nitrogen and oxygen atoms in total. The minimum absolute atomic E-state index is 0.135. The molecule has 1 aromatic carbocycles. The normalized spacial score (nSPS) is 26.5. The third-order valence-electron chi connectivity index (χ3n) is 2.97. The van der Waals surface area contributed by atoms with Crippen LogP contribution in [0.2, 0.25) is 0 Å². The van der Waals surface area contributed by atoms with Crippen LogP contribution in [0, 0.1) is 11.0 Å². The van der Waals surface area contributed by atoms with Crippen molar-refractivity contribution >= 4 is 11.9 Å². The average molecular weight is 279 g/mol. The van der Waals surface area contributed by atoms with Gasteiger partial charge in [-0.1, -0.05) is 12.1 Å². The fraction of sp³-hybridized carbons (Fsp3) is 0.214. The Balaban J connectivity index is 2.27. The first-order valence-electron chi connectivity index (χ1n) is 5.88. The number of methoxy groups -OCH3 is 1. The molecule has 0 saturated carbocycles. The van der Waals surface area contributed by atoms with Crippen molar-refractivity contribution in [1.29, 1.82) is 0 Å². The Kier molecular flexibility index (Phi) is 3.99. The maximum absolute atomic E-state index is 13.4. The summed E-state index contributed by atoms with van der Waals surface area (Å²) in [5.41, 5.74) is 0.196. The molecule has 2 rings (SSSR count). The van der Waals surface area contributed by atoms with Crippen molar-refractivity contribution in [3.63, 3.8) is 0 Å². The van der Waals surface area contributed by atoms with Crippen molar-refractivity contribution in [3.8, 4) is 0 Å². The molecule has 2 unspecified atom stereocenters. The SMILES string of the molecule is COC1(O)C=CC(C=[N+]([O-])c2ccccc2F)=CC1O. The van der Waals surface area contributed by atoms with Crippen molar-refractivity contribution in [1.82, 2.24) is 0 Å². The van der Waals surface area contributed by atoms with Crippen molar-refractivity contribution in [2.75, 3.05) is 7.11 Å². The van der Waals surface area contributed by atoms with Gasteiger partial charge in [0, 0.05) is 18.7 Å². The van der Waals surface area contributed by atoms with Gasteiger partial charge in [-0.2, -0.15) is 9.13 Å². The number of benzene rings is 1. The maximum atomic E-state index is 13.4. The molecule has 1 aliphatic carbocycles. The Bertz CT molecular complexity index is 597. The van der Waals surface area contributed by atoms with E-state index < -0.39 is 17.7 Å². The second kappa shape index (κ2) is 5.54. The first kappa shape index (κ1) is 14.4. The molecule has 0 spiro atoms. The zero-order valence-electron chi connectivity index (χ0n) is 10.7. The Morgan fingerprint density at radius 1 is 1.45 bits per heavy atom. The van der Waals surface area contributed by atoms with Gasteiger partial charge in [-0.05, 0) is 24.3 Å². The quantitative estimate of drug-likeness (QED) is 0.287. The molecule has 0 fully saturated rings. The third-order valence-corrected chi connectivity index (χ3v) is 2.97. The second-order valence-electron chi connectivity index (χ2n) is 4.31. The number of halogens is 1. The molecule has 0 saturated heterocycles. The minimum Gasteiger partial charge on any atom is -0.618 e. The Morgan fingerprint density at radius 3 is 2.75 bits per heavy atom. The van der Waals surface area contributed by atoms with E-state index in [-0.39, 0.29) is 5.69 Å². The van der Waals surface area contributed by atoms with Crippen LogP contribution in [0.3, 0.4) is 0 Å². The summed E-state index contributed by atoms with van der Waals surface area (Å²) in [6, 6.07) is 5.54. The highest BCUT2D eigenvalue weighted by atomic mass is 19.1. The van der Waals surface area contributed by atoms with Crippen LogP contribution in [0.15, 0.2) is 48.1 Å². The van der Waals surface area contributed by atoms with Crippen molar-refractivity contribution in [3.05, 3.63) is 59.1 Å². The monoisotopic (exact) mass is 279 g/mol. The summed E-state index contributed by atoms with van der Waals surface area (Å²) in [6.45, 7) is 0. The fourth-order valence-electron chi connectivity index (χ4n) is 1.78. The van der Waals surface area contributed by atoms with Gasteiger partial charge < -0.3 is 20.2 Å². The summed E-state index contributed by atoms with van der Waals surface area (Å²) in [7, 11) is 1.25. The molecule has 2 atom stereocenters. The van der Waals surface area contributed by atoms with Gasteiger partial charge in [0.1, 0.15) is 6.10 Å². The third kappa shape index (κ3) is 2.77. The number of ether oxygens (including phenoxy) is 1. The number of hydrogen-bond donors (Lipinski definition) is 2. The molecule has 0 bridgehead atoms. The summed E-state index contributed by atoms with van der Waals surface area (Å²) in [4.78, 5) is 0. The van der Waals surface area contributed by atoms with E-state index in [9.17, 15) is 19.8 Å². The maximum Gasteiger partial charge on any atom is 0.252 e. The van der Waals surface area contributed by atoms with Crippen molar-refractivity contribution in [2.45, 2.75) is 11.9 Å². The van der Waals surface area contributed by atoms with Gasteiger partial charge in [0.25, 0.3) is 5.69 Å². The van der Waals surface area contributed by atoms with Gasteiger partial charge in [0.15, 0.2) is 12.0 Å². The number of nitrogens with zero attached hydrogens (tertiary/aromatic N) is 1. The molecule has 2 N–H and O–H groups in total. The predicted molar refractivity (Wildman–Crippen MR) is 70.9 cm³/mol. The van der Waals surface area contributed by atoms with Gasteiger partial charge >= 0.3 is 0 Å². The van der Waals surface area contributed by atoms with Gasteiger partial charge in [-0.15, -0.1) is 0 Å². The van der Waals surface area contributed by atoms with Crippen molar-refractivity contribution in [2.24, 2.45) is 0 Å². The van der Waals surface area contributed by atoms with Crippen LogP contribution in [-0.4, -0.2) is 40.2 Å². The summed E-state index contributed by atoms with van der Waals surface area (Å²) < 4.78 is 18.6. The highest BCUT2D eigenvalue weighted by Gasteiger charge is 2.34. The number of hydrogen-bond acceptors (Lipinski definition) is 4. The summed E-state index contributed by atoms with van der Waals surface area (Å²) in [6.07, 6.45) is 3.65. The Labute approximate surface area is 115 Å². The molecule has 0 aromatic heterocycles. The van der Waals surface area contributed by atoms with Gasteiger partial charge in [-0.25, -0.2) is 0 Å². The van der Waals surface area contributed by atoms with Gasteiger partial charge in [-0.3, -0.25) is 0 Å². The van der Waals surface area contributed by atoms with E-state index in [4.69, 9.17) is 4.74 Å². The summed E-state index contributed by atoms with van der Waals surface area (Å²) in [5, 5.41) is 31.4. The number of para-hydroxylation sites is 1. The second-order valence-corrected chi connectivity index (χ2v) is 4.31. The van der Waals surface area contributed by atoms with E-state index in [0.717, 1.165) is 6.21 Å². The molecule has 106 valence electrons.